The van der Waals surface area contributed by atoms with Crippen molar-refractivity contribution in [2.24, 2.45) is 5.92 Å². The standard InChI is InChI=1S/C13H18N2O3/c1-9-3-2-4-15(8-9)13(18)14-10-5-11(16)7-12(17)6-10/h5-7,9,16-17H,2-4,8H2,1H3,(H,14,18). The lowest BCUT2D eigenvalue weighted by atomic mass is 10.0. The summed E-state index contributed by atoms with van der Waals surface area (Å²) in [6.45, 7) is 3.62. The van der Waals surface area contributed by atoms with Crippen LogP contribution in [0.25, 0.3) is 0 Å². The van der Waals surface area contributed by atoms with Crippen LogP contribution in [0.3, 0.4) is 0 Å². The summed E-state index contributed by atoms with van der Waals surface area (Å²) in [5.41, 5.74) is 0.399. The minimum atomic E-state index is -0.188. The molecular weight excluding hydrogens is 232 g/mol. The summed E-state index contributed by atoms with van der Waals surface area (Å²) in [4.78, 5) is 13.7. The molecule has 1 heterocycles. The Labute approximate surface area is 106 Å². The molecule has 2 amide bonds. The summed E-state index contributed by atoms with van der Waals surface area (Å²) in [6, 6.07) is 3.85. The van der Waals surface area contributed by atoms with Crippen molar-refractivity contribution in [3.63, 3.8) is 0 Å². The van der Waals surface area contributed by atoms with E-state index in [1.807, 2.05) is 0 Å². The third kappa shape index (κ3) is 3.06. The van der Waals surface area contributed by atoms with Crippen molar-refractivity contribution in [1.82, 2.24) is 4.90 Å². The number of aromatic hydroxyl groups is 2. The lowest BCUT2D eigenvalue weighted by Gasteiger charge is -2.30. The van der Waals surface area contributed by atoms with Crippen molar-refractivity contribution in [2.45, 2.75) is 19.8 Å². The number of phenols is 2. The van der Waals surface area contributed by atoms with E-state index in [1.165, 1.54) is 18.2 Å². The Morgan fingerprint density at radius 3 is 2.61 bits per heavy atom. The van der Waals surface area contributed by atoms with Crippen molar-refractivity contribution in [2.75, 3.05) is 18.4 Å². The number of carbonyl (C=O) groups is 1. The molecule has 0 aliphatic carbocycles. The van der Waals surface area contributed by atoms with Crippen molar-refractivity contribution in [1.29, 1.82) is 0 Å². The van der Waals surface area contributed by atoms with Gasteiger partial charge in [0.25, 0.3) is 0 Å². The number of rotatable bonds is 1. The van der Waals surface area contributed by atoms with Gasteiger partial charge in [-0.25, -0.2) is 4.79 Å². The summed E-state index contributed by atoms with van der Waals surface area (Å²) < 4.78 is 0. The Hall–Kier alpha value is -1.91. The fourth-order valence-electron chi connectivity index (χ4n) is 2.24. The second-order valence-corrected chi connectivity index (χ2v) is 4.86. The molecule has 5 nitrogen and oxygen atoms in total. The van der Waals surface area contributed by atoms with E-state index in [9.17, 15) is 15.0 Å². The molecule has 0 radical (unpaired) electrons. The van der Waals surface area contributed by atoms with Gasteiger partial charge >= 0.3 is 6.03 Å². The first kappa shape index (κ1) is 12.5. The number of piperidine rings is 1. The second kappa shape index (κ2) is 5.16. The van der Waals surface area contributed by atoms with Crippen LogP contribution in [0.1, 0.15) is 19.8 Å². The Kier molecular flexibility index (Phi) is 3.60. The van der Waals surface area contributed by atoms with E-state index in [0.29, 0.717) is 11.6 Å². The van der Waals surface area contributed by atoms with Crippen LogP contribution in [0.15, 0.2) is 18.2 Å². The van der Waals surface area contributed by atoms with Gasteiger partial charge in [-0.15, -0.1) is 0 Å². The molecule has 2 rings (SSSR count). The van der Waals surface area contributed by atoms with Gasteiger partial charge < -0.3 is 20.4 Å². The first-order chi connectivity index (χ1) is 8.54. The third-order valence-corrected chi connectivity index (χ3v) is 3.10. The summed E-state index contributed by atoms with van der Waals surface area (Å²) in [6.07, 6.45) is 2.16. The number of nitrogens with zero attached hydrogens (tertiary/aromatic N) is 1. The topological polar surface area (TPSA) is 72.8 Å². The van der Waals surface area contributed by atoms with Crippen LogP contribution in [0.4, 0.5) is 10.5 Å². The fraction of sp³-hybridized carbons (Fsp3) is 0.462. The molecule has 1 fully saturated rings. The molecule has 3 N–H and O–H groups in total. The fourth-order valence-corrected chi connectivity index (χ4v) is 2.24. The zero-order valence-corrected chi connectivity index (χ0v) is 10.4. The van der Waals surface area contributed by atoms with E-state index in [-0.39, 0.29) is 17.5 Å². The van der Waals surface area contributed by atoms with E-state index < -0.39 is 0 Å². The predicted octanol–water partition coefficient (Wildman–Crippen LogP) is 2.36. The van der Waals surface area contributed by atoms with Crippen LogP contribution in [-0.2, 0) is 0 Å². The molecule has 0 aromatic heterocycles. The van der Waals surface area contributed by atoms with Gasteiger partial charge in [-0.05, 0) is 18.8 Å². The zero-order valence-electron chi connectivity index (χ0n) is 10.4. The van der Waals surface area contributed by atoms with Gasteiger partial charge in [0.05, 0.1) is 0 Å². The lowest BCUT2D eigenvalue weighted by Crippen LogP contribution is -2.41. The van der Waals surface area contributed by atoms with Crippen molar-refractivity contribution in [3.05, 3.63) is 18.2 Å². The van der Waals surface area contributed by atoms with Crippen LogP contribution < -0.4 is 5.32 Å². The van der Waals surface area contributed by atoms with Crippen LogP contribution in [0.2, 0.25) is 0 Å². The molecule has 0 spiro atoms. The average molecular weight is 250 g/mol. The number of hydrogen-bond acceptors (Lipinski definition) is 3. The molecule has 1 unspecified atom stereocenters. The maximum absolute atomic E-state index is 12.0. The Balaban J connectivity index is 2.02. The second-order valence-electron chi connectivity index (χ2n) is 4.86. The lowest BCUT2D eigenvalue weighted by molar-refractivity contribution is 0.182. The molecule has 0 saturated carbocycles. The van der Waals surface area contributed by atoms with Gasteiger partial charge in [0.2, 0.25) is 0 Å². The summed E-state index contributed by atoms with van der Waals surface area (Å²) >= 11 is 0. The van der Waals surface area contributed by atoms with Crippen LogP contribution in [0, 0.1) is 5.92 Å². The van der Waals surface area contributed by atoms with Crippen molar-refractivity contribution >= 4 is 11.7 Å². The minimum Gasteiger partial charge on any atom is -0.508 e. The summed E-state index contributed by atoms with van der Waals surface area (Å²) in [5.74, 6) is 0.372. The van der Waals surface area contributed by atoms with E-state index >= 15 is 0 Å². The maximum Gasteiger partial charge on any atom is 0.321 e. The van der Waals surface area contributed by atoms with E-state index in [0.717, 1.165) is 25.9 Å². The number of benzene rings is 1. The summed E-state index contributed by atoms with van der Waals surface area (Å²) in [7, 11) is 0. The molecule has 1 atom stereocenters. The maximum atomic E-state index is 12.0. The molecule has 1 aromatic carbocycles. The number of nitrogens with one attached hydrogen (secondary N) is 1. The predicted molar refractivity (Wildman–Crippen MR) is 68.8 cm³/mol. The molecule has 0 bridgehead atoms. The average Bonchev–Trinajstić information content (AvgIpc) is 2.27. The van der Waals surface area contributed by atoms with Gasteiger partial charge in [-0.1, -0.05) is 6.92 Å². The minimum absolute atomic E-state index is 0.0719. The van der Waals surface area contributed by atoms with Crippen LogP contribution in [0.5, 0.6) is 11.5 Å². The van der Waals surface area contributed by atoms with Gasteiger partial charge in [-0.3, -0.25) is 0 Å². The molecule has 1 aliphatic rings. The first-order valence-corrected chi connectivity index (χ1v) is 6.13. The number of urea groups is 1. The van der Waals surface area contributed by atoms with Crippen LogP contribution >= 0.6 is 0 Å². The highest BCUT2D eigenvalue weighted by Gasteiger charge is 2.20. The van der Waals surface area contributed by atoms with Gasteiger partial charge in [0.1, 0.15) is 11.5 Å². The van der Waals surface area contributed by atoms with E-state index in [1.54, 1.807) is 4.90 Å². The Morgan fingerprint density at radius 1 is 1.33 bits per heavy atom. The normalized spacial score (nSPS) is 19.6. The molecule has 1 aromatic rings. The number of phenolic OH excluding ortho intramolecular Hbond substituents is 2. The number of anilines is 1. The Morgan fingerprint density at radius 2 is 2.00 bits per heavy atom. The highest BCUT2D eigenvalue weighted by molar-refractivity contribution is 5.89. The SMILES string of the molecule is CC1CCCN(C(=O)Nc2cc(O)cc(O)c2)C1. The first-order valence-electron chi connectivity index (χ1n) is 6.13. The molecular formula is C13H18N2O3. The van der Waals surface area contributed by atoms with Gasteiger partial charge in [0.15, 0.2) is 0 Å². The molecule has 98 valence electrons. The number of amides is 2. The van der Waals surface area contributed by atoms with Crippen molar-refractivity contribution < 1.29 is 15.0 Å². The molecule has 1 aliphatic heterocycles. The molecule has 1 saturated heterocycles. The molecule has 5 heteroatoms. The number of carbonyl (C=O) groups excluding carboxylic acids is 1. The quantitative estimate of drug-likeness (QED) is 0.716. The third-order valence-electron chi connectivity index (χ3n) is 3.10. The summed E-state index contributed by atoms with van der Waals surface area (Å²) in [5, 5.41) is 21.3. The zero-order chi connectivity index (χ0) is 13.1. The van der Waals surface area contributed by atoms with E-state index in [4.69, 9.17) is 0 Å². The van der Waals surface area contributed by atoms with Crippen LogP contribution in [-0.4, -0.2) is 34.2 Å². The highest BCUT2D eigenvalue weighted by Crippen LogP contribution is 2.24. The number of hydrogen-bond donors (Lipinski definition) is 3. The van der Waals surface area contributed by atoms with Gasteiger partial charge in [-0.2, -0.15) is 0 Å². The van der Waals surface area contributed by atoms with E-state index in [2.05, 4.69) is 12.2 Å². The Bertz CT molecular complexity index is 428. The molecule has 18 heavy (non-hydrogen) atoms. The largest absolute Gasteiger partial charge is 0.508 e. The van der Waals surface area contributed by atoms with Crippen molar-refractivity contribution in [3.8, 4) is 11.5 Å². The van der Waals surface area contributed by atoms with Gasteiger partial charge in [0, 0.05) is 37.0 Å². The monoisotopic (exact) mass is 250 g/mol. The highest BCUT2D eigenvalue weighted by atomic mass is 16.3. The smallest absolute Gasteiger partial charge is 0.321 e. The number of likely N-dealkylation sites (tertiary alicyclic amines) is 1.